The highest BCUT2D eigenvalue weighted by molar-refractivity contribution is 5.89. The van der Waals surface area contributed by atoms with Crippen molar-refractivity contribution in [2.75, 3.05) is 0 Å². The van der Waals surface area contributed by atoms with Gasteiger partial charge in [-0.15, -0.1) is 0 Å². The van der Waals surface area contributed by atoms with Crippen LogP contribution in [-0.2, 0) is 14.3 Å². The van der Waals surface area contributed by atoms with Crippen LogP contribution in [-0.4, -0.2) is 29.7 Å². The minimum Gasteiger partial charge on any atom is -0.458 e. The van der Waals surface area contributed by atoms with Gasteiger partial charge in [-0.3, -0.25) is 4.79 Å². The lowest BCUT2D eigenvalue weighted by molar-refractivity contribution is -0.190. The van der Waals surface area contributed by atoms with Crippen molar-refractivity contribution >= 4 is 11.9 Å². The highest BCUT2D eigenvalue weighted by Gasteiger charge is 2.53. The molecule has 1 amide bonds. The molecular weight excluding hydrogens is 239 g/mol. The molecule has 0 bridgehead atoms. The molecule has 17 heavy (non-hydrogen) atoms. The van der Waals surface area contributed by atoms with Gasteiger partial charge in [0.25, 0.3) is 0 Å². The van der Waals surface area contributed by atoms with Crippen LogP contribution in [0.4, 0.5) is 13.2 Å². The topological polar surface area (TPSA) is 55.4 Å². The van der Waals surface area contributed by atoms with Crippen LogP contribution in [0.1, 0.15) is 27.2 Å². The number of alkyl halides is 3. The molecule has 1 N–H and O–H groups in total. The fraction of sp³-hybridized carbons (Fsp3) is 0.800. The molecule has 1 saturated heterocycles. The summed E-state index contributed by atoms with van der Waals surface area (Å²) in [5.74, 6) is -3.85. The van der Waals surface area contributed by atoms with Crippen molar-refractivity contribution in [2.24, 2.45) is 5.92 Å². The number of nitrogens with one attached hydrogen (secondary N) is 1. The normalized spacial score (nSPS) is 25.6. The Morgan fingerprint density at radius 2 is 1.88 bits per heavy atom. The summed E-state index contributed by atoms with van der Waals surface area (Å²) < 4.78 is 42.6. The first-order valence-electron chi connectivity index (χ1n) is 5.09. The van der Waals surface area contributed by atoms with Crippen molar-refractivity contribution in [2.45, 2.75) is 45.0 Å². The fourth-order valence-corrected chi connectivity index (χ4v) is 1.54. The molecule has 0 aromatic heterocycles. The number of carbonyl (C=O) groups is 2. The zero-order valence-electron chi connectivity index (χ0n) is 9.72. The van der Waals surface area contributed by atoms with Gasteiger partial charge in [0, 0.05) is 6.42 Å². The van der Waals surface area contributed by atoms with E-state index in [1.165, 1.54) is 0 Å². The van der Waals surface area contributed by atoms with Gasteiger partial charge in [-0.05, 0) is 20.8 Å². The van der Waals surface area contributed by atoms with E-state index in [4.69, 9.17) is 4.74 Å². The van der Waals surface area contributed by atoms with Gasteiger partial charge in [-0.25, -0.2) is 4.79 Å². The van der Waals surface area contributed by atoms with E-state index in [1.54, 1.807) is 20.8 Å². The molecule has 0 spiro atoms. The quantitative estimate of drug-likeness (QED) is 0.718. The van der Waals surface area contributed by atoms with E-state index < -0.39 is 42.0 Å². The lowest BCUT2D eigenvalue weighted by Gasteiger charge is -2.25. The fourth-order valence-electron chi connectivity index (χ4n) is 1.54. The van der Waals surface area contributed by atoms with E-state index in [9.17, 15) is 22.8 Å². The predicted octanol–water partition coefficient (Wildman–Crippen LogP) is 1.40. The number of amides is 1. The standard InChI is InChI=1S/C10H14F3NO3/c1-9(2,3)17-8(16)7-5(10(11,12)13)4-6(15)14-7/h5,7H,4H2,1-3H3,(H,14,15)/t5-,7-/m1/s1. The second kappa shape index (κ2) is 4.19. The zero-order valence-corrected chi connectivity index (χ0v) is 9.72. The maximum atomic E-state index is 12.6. The van der Waals surface area contributed by atoms with Gasteiger partial charge in [0.15, 0.2) is 0 Å². The summed E-state index contributed by atoms with van der Waals surface area (Å²) in [4.78, 5) is 22.5. The van der Waals surface area contributed by atoms with Crippen LogP contribution >= 0.6 is 0 Å². The molecule has 0 unspecified atom stereocenters. The monoisotopic (exact) mass is 253 g/mol. The third kappa shape index (κ3) is 3.61. The molecule has 0 aromatic carbocycles. The van der Waals surface area contributed by atoms with E-state index >= 15 is 0 Å². The van der Waals surface area contributed by atoms with Crippen molar-refractivity contribution in [3.8, 4) is 0 Å². The number of hydrogen-bond acceptors (Lipinski definition) is 3. The largest absolute Gasteiger partial charge is 0.458 e. The lowest BCUT2D eigenvalue weighted by atomic mass is 10.00. The van der Waals surface area contributed by atoms with E-state index in [2.05, 4.69) is 0 Å². The third-order valence-electron chi connectivity index (χ3n) is 2.21. The van der Waals surface area contributed by atoms with Crippen molar-refractivity contribution in [1.29, 1.82) is 0 Å². The minimum atomic E-state index is -4.60. The third-order valence-corrected chi connectivity index (χ3v) is 2.21. The Morgan fingerprint density at radius 3 is 2.29 bits per heavy atom. The Bertz CT molecular complexity index is 333. The zero-order chi connectivity index (χ0) is 13.4. The van der Waals surface area contributed by atoms with Crippen molar-refractivity contribution in [1.82, 2.24) is 5.32 Å². The van der Waals surface area contributed by atoms with Gasteiger partial charge in [-0.1, -0.05) is 0 Å². The molecule has 0 aliphatic carbocycles. The molecule has 1 rings (SSSR count). The van der Waals surface area contributed by atoms with Gasteiger partial charge >= 0.3 is 12.1 Å². The Morgan fingerprint density at radius 1 is 1.35 bits per heavy atom. The van der Waals surface area contributed by atoms with E-state index in [0.29, 0.717) is 0 Å². The molecule has 0 aromatic rings. The number of hydrogen-bond donors (Lipinski definition) is 1. The number of rotatable bonds is 1. The SMILES string of the molecule is CC(C)(C)OC(=O)[C@@H]1NC(=O)C[C@H]1C(F)(F)F. The first-order valence-corrected chi connectivity index (χ1v) is 5.09. The Hall–Kier alpha value is -1.27. The van der Waals surface area contributed by atoms with Crippen LogP contribution in [0.15, 0.2) is 0 Å². The smallest absolute Gasteiger partial charge is 0.394 e. The van der Waals surface area contributed by atoms with Gasteiger partial charge < -0.3 is 10.1 Å². The van der Waals surface area contributed by atoms with Crippen LogP contribution in [0.2, 0.25) is 0 Å². The first kappa shape index (κ1) is 13.8. The number of carbonyl (C=O) groups excluding carboxylic acids is 2. The van der Waals surface area contributed by atoms with Crippen LogP contribution in [0.3, 0.4) is 0 Å². The van der Waals surface area contributed by atoms with Crippen molar-refractivity contribution in [3.05, 3.63) is 0 Å². The number of ether oxygens (including phenoxy) is 1. The summed E-state index contributed by atoms with van der Waals surface area (Å²) in [6.45, 7) is 4.64. The lowest BCUT2D eigenvalue weighted by Crippen LogP contribution is -2.45. The van der Waals surface area contributed by atoms with Gasteiger partial charge in [0.05, 0.1) is 5.92 Å². The molecule has 1 fully saturated rings. The first-order chi connectivity index (χ1) is 7.50. The molecule has 0 saturated carbocycles. The van der Waals surface area contributed by atoms with E-state index in [-0.39, 0.29) is 0 Å². The summed E-state index contributed by atoms with van der Waals surface area (Å²) in [7, 11) is 0. The van der Waals surface area contributed by atoms with Crippen LogP contribution in [0, 0.1) is 5.92 Å². The van der Waals surface area contributed by atoms with Gasteiger partial charge in [0.1, 0.15) is 11.6 Å². The second-order valence-electron chi connectivity index (χ2n) is 4.93. The summed E-state index contributed by atoms with van der Waals surface area (Å²) in [5.41, 5.74) is -0.888. The molecule has 4 nitrogen and oxygen atoms in total. The number of halogens is 3. The summed E-state index contributed by atoms with van der Waals surface area (Å²) in [6.07, 6.45) is -5.33. The summed E-state index contributed by atoms with van der Waals surface area (Å²) >= 11 is 0. The Kier molecular flexibility index (Phi) is 3.40. The molecular formula is C10H14F3NO3. The second-order valence-corrected chi connectivity index (χ2v) is 4.93. The van der Waals surface area contributed by atoms with Gasteiger partial charge in [0.2, 0.25) is 5.91 Å². The van der Waals surface area contributed by atoms with E-state index in [0.717, 1.165) is 0 Å². The van der Waals surface area contributed by atoms with Crippen molar-refractivity contribution in [3.63, 3.8) is 0 Å². The summed E-state index contributed by atoms with van der Waals surface area (Å²) in [5, 5.41) is 2.00. The molecule has 98 valence electrons. The molecule has 7 heteroatoms. The number of esters is 1. The maximum absolute atomic E-state index is 12.6. The Balaban J connectivity index is 2.81. The van der Waals surface area contributed by atoms with Crippen molar-refractivity contribution < 1.29 is 27.5 Å². The molecule has 0 radical (unpaired) electrons. The minimum absolute atomic E-state index is 0.729. The molecule has 1 heterocycles. The van der Waals surface area contributed by atoms with Crippen LogP contribution in [0.5, 0.6) is 0 Å². The molecule has 1 aliphatic heterocycles. The molecule has 2 atom stereocenters. The average Bonchev–Trinajstić information content (AvgIpc) is 2.43. The highest BCUT2D eigenvalue weighted by Crippen LogP contribution is 2.35. The Labute approximate surface area is 96.5 Å². The predicted molar refractivity (Wildman–Crippen MR) is 51.9 cm³/mol. The molecule has 1 aliphatic rings. The summed E-state index contributed by atoms with van der Waals surface area (Å²) in [6, 6.07) is -1.64. The average molecular weight is 253 g/mol. The highest BCUT2D eigenvalue weighted by atomic mass is 19.4. The van der Waals surface area contributed by atoms with Crippen LogP contribution in [0.25, 0.3) is 0 Å². The maximum Gasteiger partial charge on any atom is 0.394 e. The van der Waals surface area contributed by atoms with E-state index in [1.807, 2.05) is 5.32 Å². The van der Waals surface area contributed by atoms with Crippen LogP contribution < -0.4 is 5.32 Å². The van der Waals surface area contributed by atoms with Gasteiger partial charge in [-0.2, -0.15) is 13.2 Å².